The number of halogens is 4. The van der Waals surface area contributed by atoms with Gasteiger partial charge in [0.2, 0.25) is 10.0 Å². The molecule has 11 heteroatoms. The Morgan fingerprint density at radius 3 is 2.37 bits per heavy atom. The van der Waals surface area contributed by atoms with Crippen molar-refractivity contribution < 1.29 is 26.4 Å². The smallest absolute Gasteiger partial charge is 0.366 e. The van der Waals surface area contributed by atoms with E-state index in [0.29, 0.717) is 42.5 Å². The highest BCUT2D eigenvalue weighted by atomic mass is 35.5. The van der Waals surface area contributed by atoms with Gasteiger partial charge >= 0.3 is 6.18 Å². The lowest BCUT2D eigenvalue weighted by Gasteiger charge is -2.73. The molecule has 210 valence electrons. The number of nitrogens with one attached hydrogen (secondary N) is 1. The zero-order valence-electron chi connectivity index (χ0n) is 21.8. The van der Waals surface area contributed by atoms with E-state index in [4.69, 9.17) is 16.6 Å². The number of hydrogen-bond donors (Lipinski definition) is 1. The number of aliphatic imine (C=N–C) groups is 1. The Labute approximate surface area is 227 Å². The molecule has 0 saturated heterocycles. The third-order valence-corrected chi connectivity index (χ3v) is 10.9. The summed E-state index contributed by atoms with van der Waals surface area (Å²) < 4.78 is 66.4. The van der Waals surface area contributed by atoms with Gasteiger partial charge < -0.3 is 5.32 Å². The third-order valence-electron chi connectivity index (χ3n) is 8.66. The minimum absolute atomic E-state index is 0.140. The van der Waals surface area contributed by atoms with Crippen molar-refractivity contribution in [2.45, 2.75) is 101 Å². The standard InChI is InChI=1S/C27H35ClF3N3O3S/c1-24(2)22(21(35)4-3-12-27(29,30)31)32-23(33-24)25-15-26(16-25,17-25)34(14-19-7-9-20(28)10-8-19)38(36,37)13-11-18-5-6-18/h7-10,18,22H,3-6,11-17H2,1-2H3,(H,32,33)/t22-,25?,26?/m0/s1. The molecule has 0 spiro atoms. The summed E-state index contributed by atoms with van der Waals surface area (Å²) in [6.07, 6.45) is -0.953. The minimum atomic E-state index is -4.28. The van der Waals surface area contributed by atoms with Crippen molar-refractivity contribution >= 4 is 33.2 Å². The quantitative estimate of drug-likeness (QED) is 0.351. The number of hydrogen-bond acceptors (Lipinski definition) is 5. The van der Waals surface area contributed by atoms with Gasteiger partial charge in [0, 0.05) is 35.4 Å². The molecular formula is C27H35ClF3N3O3S. The van der Waals surface area contributed by atoms with Crippen LogP contribution in [-0.2, 0) is 21.4 Å². The van der Waals surface area contributed by atoms with Gasteiger partial charge in [0.15, 0.2) is 5.78 Å². The van der Waals surface area contributed by atoms with E-state index in [0.717, 1.165) is 18.4 Å². The fraction of sp³-hybridized carbons (Fsp3) is 0.704. The van der Waals surface area contributed by atoms with Crippen molar-refractivity contribution in [3.05, 3.63) is 34.9 Å². The van der Waals surface area contributed by atoms with Gasteiger partial charge in [-0.2, -0.15) is 17.5 Å². The second-order valence-corrected chi connectivity index (χ2v) is 14.8. The van der Waals surface area contributed by atoms with E-state index in [-0.39, 0.29) is 36.3 Å². The molecule has 1 aromatic rings. The monoisotopic (exact) mass is 573 g/mol. The molecule has 0 unspecified atom stereocenters. The van der Waals surface area contributed by atoms with Crippen LogP contribution in [0.3, 0.4) is 0 Å². The van der Waals surface area contributed by atoms with E-state index >= 15 is 0 Å². The number of sulfonamides is 1. The third kappa shape index (κ3) is 5.50. The number of Topliss-reactive ketones (excluding diaryl/α,β-unsaturated/α-hetero) is 1. The molecule has 4 saturated carbocycles. The average molecular weight is 574 g/mol. The van der Waals surface area contributed by atoms with Crippen molar-refractivity contribution in [1.82, 2.24) is 9.62 Å². The topological polar surface area (TPSA) is 78.8 Å². The lowest BCUT2D eigenvalue weighted by Crippen LogP contribution is -2.78. The largest absolute Gasteiger partial charge is 0.389 e. The van der Waals surface area contributed by atoms with Crippen LogP contribution < -0.4 is 5.32 Å². The Bertz CT molecular complexity index is 1210. The van der Waals surface area contributed by atoms with E-state index in [1.165, 1.54) is 0 Å². The molecule has 0 aromatic heterocycles. The van der Waals surface area contributed by atoms with E-state index in [9.17, 15) is 26.4 Å². The predicted molar refractivity (Wildman–Crippen MR) is 140 cm³/mol. The van der Waals surface area contributed by atoms with Crippen molar-refractivity contribution in [1.29, 1.82) is 0 Å². The van der Waals surface area contributed by atoms with Gasteiger partial charge in [0.1, 0.15) is 11.9 Å². The first-order valence-electron chi connectivity index (χ1n) is 13.3. The second kappa shape index (κ2) is 9.47. The Morgan fingerprint density at radius 1 is 1.16 bits per heavy atom. The molecule has 1 heterocycles. The van der Waals surface area contributed by atoms with Gasteiger partial charge in [0.25, 0.3) is 0 Å². The van der Waals surface area contributed by atoms with Crippen LogP contribution in [-0.4, -0.2) is 53.4 Å². The number of carbonyl (C=O) groups excluding carboxylic acids is 1. The molecule has 1 atom stereocenters. The van der Waals surface area contributed by atoms with Gasteiger partial charge in [-0.05, 0) is 69.6 Å². The first kappa shape index (κ1) is 27.9. The maximum atomic E-state index is 13.6. The Balaban J connectivity index is 1.29. The molecule has 6 rings (SSSR count). The van der Waals surface area contributed by atoms with Crippen molar-refractivity contribution in [2.24, 2.45) is 16.3 Å². The number of rotatable bonds is 12. The van der Waals surface area contributed by atoms with E-state index in [2.05, 4.69) is 5.32 Å². The highest BCUT2D eigenvalue weighted by Crippen LogP contribution is 2.71. The average Bonchev–Trinajstić information content (AvgIpc) is 3.52. The summed E-state index contributed by atoms with van der Waals surface area (Å²) in [6.45, 7) is 3.96. The molecule has 4 aliphatic carbocycles. The Morgan fingerprint density at radius 2 is 1.79 bits per heavy atom. The van der Waals surface area contributed by atoms with Gasteiger partial charge in [-0.3, -0.25) is 9.79 Å². The lowest BCUT2D eigenvalue weighted by atomic mass is 9.38. The molecule has 1 aromatic carbocycles. The normalized spacial score (nSPS) is 29.9. The summed E-state index contributed by atoms with van der Waals surface area (Å²) in [5, 5.41) is 3.97. The maximum absolute atomic E-state index is 13.6. The zero-order valence-corrected chi connectivity index (χ0v) is 23.4. The fourth-order valence-electron chi connectivity index (χ4n) is 6.44. The van der Waals surface area contributed by atoms with Crippen LogP contribution in [0.4, 0.5) is 13.2 Å². The first-order chi connectivity index (χ1) is 17.6. The van der Waals surface area contributed by atoms with E-state index in [1.54, 1.807) is 16.4 Å². The maximum Gasteiger partial charge on any atom is 0.389 e. The van der Waals surface area contributed by atoms with Gasteiger partial charge in [-0.1, -0.05) is 36.6 Å². The predicted octanol–water partition coefficient (Wildman–Crippen LogP) is 5.65. The van der Waals surface area contributed by atoms with Crippen LogP contribution in [0.5, 0.6) is 0 Å². The summed E-state index contributed by atoms with van der Waals surface area (Å²) >= 11 is 6.04. The molecule has 0 radical (unpaired) electrons. The van der Waals surface area contributed by atoms with E-state index in [1.807, 2.05) is 26.0 Å². The van der Waals surface area contributed by atoms with Gasteiger partial charge in [0.05, 0.1) is 11.3 Å². The number of amidine groups is 1. The number of ketones is 1. The van der Waals surface area contributed by atoms with Crippen LogP contribution in [0.2, 0.25) is 5.02 Å². The zero-order chi connectivity index (χ0) is 27.6. The molecule has 4 fully saturated rings. The van der Waals surface area contributed by atoms with Crippen molar-refractivity contribution in [3.8, 4) is 0 Å². The Hall–Kier alpha value is -1.65. The molecule has 1 aliphatic heterocycles. The minimum Gasteiger partial charge on any atom is -0.366 e. The molecule has 38 heavy (non-hydrogen) atoms. The SMILES string of the molecule is CC1(C)NC(C23CC(N(Cc4ccc(Cl)cc4)S(=O)(=O)CCC4CC4)(C2)C3)=N[C@H]1C(=O)CCCC(F)(F)F. The van der Waals surface area contributed by atoms with Crippen LogP contribution in [0.15, 0.2) is 29.3 Å². The fourth-order valence-corrected chi connectivity index (χ4v) is 8.55. The number of carbonyl (C=O) groups is 1. The highest BCUT2D eigenvalue weighted by Gasteiger charge is 2.75. The first-order valence-corrected chi connectivity index (χ1v) is 15.3. The Kier molecular flexibility index (Phi) is 6.96. The second-order valence-electron chi connectivity index (χ2n) is 12.4. The molecule has 5 aliphatic rings. The molecular weight excluding hydrogens is 539 g/mol. The lowest BCUT2D eigenvalue weighted by molar-refractivity contribution is -0.151. The summed E-state index contributed by atoms with van der Waals surface area (Å²) in [7, 11) is -3.49. The number of benzene rings is 1. The molecule has 6 nitrogen and oxygen atoms in total. The summed E-state index contributed by atoms with van der Waals surface area (Å²) in [4.78, 5) is 17.5. The molecule has 1 N–H and O–H groups in total. The van der Waals surface area contributed by atoms with Crippen LogP contribution >= 0.6 is 11.6 Å². The summed E-state index contributed by atoms with van der Waals surface area (Å²) in [5.41, 5.74) is -0.620. The van der Waals surface area contributed by atoms with Crippen LogP contribution in [0, 0.1) is 11.3 Å². The van der Waals surface area contributed by atoms with Gasteiger partial charge in [-0.25, -0.2) is 8.42 Å². The van der Waals surface area contributed by atoms with Gasteiger partial charge in [-0.15, -0.1) is 0 Å². The van der Waals surface area contributed by atoms with Crippen molar-refractivity contribution in [2.75, 3.05) is 5.75 Å². The van der Waals surface area contributed by atoms with E-state index < -0.39 is 39.7 Å². The van der Waals surface area contributed by atoms with Crippen LogP contribution in [0.25, 0.3) is 0 Å². The summed E-state index contributed by atoms with van der Waals surface area (Å²) in [5.74, 6) is 1.04. The summed E-state index contributed by atoms with van der Waals surface area (Å²) in [6, 6.07) is 6.49. The number of nitrogens with zero attached hydrogens (tertiary/aromatic N) is 2. The molecule has 2 bridgehead atoms. The van der Waals surface area contributed by atoms with Crippen molar-refractivity contribution in [3.63, 3.8) is 0 Å². The molecule has 0 amide bonds. The highest BCUT2D eigenvalue weighted by molar-refractivity contribution is 7.89. The van der Waals surface area contributed by atoms with Crippen LogP contribution in [0.1, 0.15) is 77.2 Å². The number of alkyl halides is 3.